The second-order valence-corrected chi connectivity index (χ2v) is 8.81. The molecular weight excluding hydrogens is 462 g/mol. The van der Waals surface area contributed by atoms with E-state index < -0.39 is 12.0 Å². The molecule has 13 heteroatoms. The average molecular weight is 486 g/mol. The highest BCUT2D eigenvalue weighted by molar-refractivity contribution is 5.98. The molecule has 0 radical (unpaired) electrons. The summed E-state index contributed by atoms with van der Waals surface area (Å²) in [7, 11) is 0. The molecule has 2 fully saturated rings. The Kier molecular flexibility index (Phi) is 5.91. The van der Waals surface area contributed by atoms with Crippen LogP contribution in [-0.4, -0.2) is 67.3 Å². The van der Waals surface area contributed by atoms with E-state index in [4.69, 9.17) is 4.74 Å². The molecule has 1 N–H and O–H groups in total. The number of hydrogen-bond acceptors (Lipinski definition) is 8. The van der Waals surface area contributed by atoms with Gasteiger partial charge < -0.3 is 14.5 Å². The molecule has 3 aromatic rings. The van der Waals surface area contributed by atoms with E-state index in [2.05, 4.69) is 25.1 Å². The number of pyridine rings is 1. The number of halogens is 2. The number of rotatable bonds is 8. The van der Waals surface area contributed by atoms with Gasteiger partial charge in [-0.15, -0.1) is 0 Å². The number of anilines is 2. The van der Waals surface area contributed by atoms with Crippen molar-refractivity contribution in [2.75, 3.05) is 29.4 Å². The van der Waals surface area contributed by atoms with Gasteiger partial charge in [0, 0.05) is 38.2 Å². The van der Waals surface area contributed by atoms with E-state index in [0.29, 0.717) is 49.1 Å². The maximum absolute atomic E-state index is 13.0. The summed E-state index contributed by atoms with van der Waals surface area (Å²) in [4.78, 5) is 40.9. The summed E-state index contributed by atoms with van der Waals surface area (Å²) in [5.74, 6) is -2.02. The molecule has 0 aliphatic carbocycles. The Morgan fingerprint density at radius 3 is 2.54 bits per heavy atom. The van der Waals surface area contributed by atoms with Crippen LogP contribution in [-0.2, 0) is 11.2 Å². The highest BCUT2D eigenvalue weighted by Gasteiger charge is 2.35. The fourth-order valence-electron chi connectivity index (χ4n) is 4.09. The minimum atomic E-state index is -2.74. The maximum Gasteiger partial charge on any atom is 0.343 e. The van der Waals surface area contributed by atoms with Gasteiger partial charge in [0.15, 0.2) is 6.10 Å². The Morgan fingerprint density at radius 2 is 1.91 bits per heavy atom. The summed E-state index contributed by atoms with van der Waals surface area (Å²) < 4.78 is 33.4. The quantitative estimate of drug-likeness (QED) is 0.510. The van der Waals surface area contributed by atoms with Crippen LogP contribution >= 0.6 is 0 Å². The molecule has 184 valence electrons. The van der Waals surface area contributed by atoms with Gasteiger partial charge >= 0.3 is 5.69 Å². The van der Waals surface area contributed by atoms with Gasteiger partial charge in [-0.3, -0.25) is 14.3 Å². The number of hydrogen-bond donors (Lipinski definition) is 1. The van der Waals surface area contributed by atoms with E-state index in [1.807, 2.05) is 4.90 Å². The minimum Gasteiger partial charge on any atom is -0.479 e. The number of carbonyl (C=O) groups excluding carboxylic acids is 1. The molecule has 2 saturated heterocycles. The third-order valence-corrected chi connectivity index (χ3v) is 6.10. The number of aromatic amines is 1. The molecule has 11 nitrogen and oxygen atoms in total. The molecular formula is C22H24F2N8O3. The molecule has 1 atom stereocenters. The molecule has 0 saturated carbocycles. The van der Waals surface area contributed by atoms with Crippen molar-refractivity contribution in [3.05, 3.63) is 53.2 Å². The topological polar surface area (TPSA) is 122 Å². The number of amides is 1. The van der Waals surface area contributed by atoms with Gasteiger partial charge in [-0.25, -0.2) is 28.6 Å². The molecule has 3 aromatic heterocycles. The molecule has 2 aliphatic heterocycles. The van der Waals surface area contributed by atoms with Crippen LogP contribution in [0.5, 0.6) is 5.75 Å². The Morgan fingerprint density at radius 1 is 1.14 bits per heavy atom. The zero-order valence-electron chi connectivity index (χ0n) is 19.0. The van der Waals surface area contributed by atoms with Crippen LogP contribution in [0.2, 0.25) is 0 Å². The van der Waals surface area contributed by atoms with E-state index in [1.54, 1.807) is 34.0 Å². The fraction of sp³-hybridized carbons (Fsp3) is 0.455. The largest absolute Gasteiger partial charge is 0.479 e. The molecule has 2 aliphatic rings. The molecule has 0 unspecified atom stereocenters. The first kappa shape index (κ1) is 22.9. The van der Waals surface area contributed by atoms with Crippen LogP contribution in [0.4, 0.5) is 20.4 Å². The van der Waals surface area contributed by atoms with Crippen LogP contribution in [0, 0.1) is 0 Å². The number of alkyl halides is 2. The van der Waals surface area contributed by atoms with E-state index in [1.165, 1.54) is 12.5 Å². The third kappa shape index (κ3) is 4.98. The predicted molar refractivity (Wildman–Crippen MR) is 121 cm³/mol. The summed E-state index contributed by atoms with van der Waals surface area (Å²) in [6.07, 6.45) is 5.82. The van der Waals surface area contributed by atoms with E-state index in [9.17, 15) is 18.4 Å². The lowest BCUT2D eigenvalue weighted by Gasteiger charge is -2.39. The first-order valence-corrected chi connectivity index (χ1v) is 11.3. The molecule has 5 rings (SSSR count). The Balaban J connectivity index is 1.15. The van der Waals surface area contributed by atoms with Crippen molar-refractivity contribution in [1.29, 1.82) is 0 Å². The number of ether oxygens (including phenoxy) is 1. The maximum atomic E-state index is 13.0. The first-order valence-electron chi connectivity index (χ1n) is 11.3. The first-order chi connectivity index (χ1) is 16.8. The Hall–Kier alpha value is -3.90. The zero-order chi connectivity index (χ0) is 24.6. The molecule has 0 spiro atoms. The summed E-state index contributed by atoms with van der Waals surface area (Å²) >= 11 is 0. The summed E-state index contributed by atoms with van der Waals surface area (Å²) in [6, 6.07) is 3.29. The molecule has 35 heavy (non-hydrogen) atoms. The third-order valence-electron chi connectivity index (χ3n) is 6.10. The number of nitrogens with one attached hydrogen (secondary N) is 1. The van der Waals surface area contributed by atoms with Gasteiger partial charge in [0.25, 0.3) is 5.91 Å². The SMILES string of the molecule is CC(F)(F)CCc1ccc(O[C@@H]2CCN(c3cnc(N4CC(n5cn[nH]c5=O)C4)nc3)C2=O)cn1. The van der Waals surface area contributed by atoms with Crippen molar-refractivity contribution in [1.82, 2.24) is 29.7 Å². The van der Waals surface area contributed by atoms with Gasteiger partial charge in [0.2, 0.25) is 11.9 Å². The van der Waals surface area contributed by atoms with Gasteiger partial charge in [-0.05, 0) is 25.5 Å². The van der Waals surface area contributed by atoms with E-state index in [-0.39, 0.29) is 30.5 Å². The number of nitrogens with zero attached hydrogens (tertiary/aromatic N) is 7. The van der Waals surface area contributed by atoms with Crippen LogP contribution in [0.25, 0.3) is 0 Å². The van der Waals surface area contributed by atoms with Crippen molar-refractivity contribution >= 4 is 17.5 Å². The summed E-state index contributed by atoms with van der Waals surface area (Å²) in [6.45, 7) is 2.52. The second-order valence-electron chi connectivity index (χ2n) is 8.81. The minimum absolute atomic E-state index is 0.0127. The van der Waals surface area contributed by atoms with Crippen molar-refractivity contribution in [3.8, 4) is 5.75 Å². The predicted octanol–water partition coefficient (Wildman–Crippen LogP) is 1.59. The number of carbonyl (C=O) groups is 1. The fourth-order valence-corrected chi connectivity index (χ4v) is 4.09. The van der Waals surface area contributed by atoms with E-state index >= 15 is 0 Å². The van der Waals surface area contributed by atoms with Crippen LogP contribution in [0.3, 0.4) is 0 Å². The monoisotopic (exact) mass is 486 g/mol. The highest BCUT2D eigenvalue weighted by Crippen LogP contribution is 2.27. The van der Waals surface area contributed by atoms with Gasteiger partial charge in [0.1, 0.15) is 12.1 Å². The standard InChI is InChI=1S/C22H24F2N8O3/c1-22(23,24)6-4-14-2-3-17(10-25-14)35-18-5-7-31(19(18)33)15-8-26-20(27-9-15)30-11-16(12-30)32-13-28-29-21(32)34/h2-3,8-10,13,16,18H,4-7,11-12H2,1H3,(H,29,34)/t18-/m1/s1. The van der Waals surface area contributed by atoms with Crippen LogP contribution in [0.1, 0.15) is 31.5 Å². The van der Waals surface area contributed by atoms with E-state index in [0.717, 1.165) is 6.92 Å². The Bertz CT molecular complexity index is 1230. The number of aryl methyl sites for hydroxylation is 1. The van der Waals surface area contributed by atoms with Crippen molar-refractivity contribution in [2.45, 2.75) is 44.3 Å². The van der Waals surface area contributed by atoms with Crippen LogP contribution in [0.15, 0.2) is 41.8 Å². The molecule has 5 heterocycles. The smallest absolute Gasteiger partial charge is 0.343 e. The summed E-state index contributed by atoms with van der Waals surface area (Å²) in [5, 5.41) is 6.11. The lowest BCUT2D eigenvalue weighted by atomic mass is 10.1. The highest BCUT2D eigenvalue weighted by atomic mass is 19.3. The molecule has 0 aromatic carbocycles. The second kappa shape index (κ2) is 9.04. The average Bonchev–Trinajstić information content (AvgIpc) is 3.38. The van der Waals surface area contributed by atoms with Crippen molar-refractivity contribution in [2.24, 2.45) is 0 Å². The van der Waals surface area contributed by atoms with Crippen LogP contribution < -0.4 is 20.2 Å². The number of H-pyrrole nitrogens is 1. The number of aromatic nitrogens is 6. The van der Waals surface area contributed by atoms with Gasteiger partial charge in [-0.2, -0.15) is 5.10 Å². The lowest BCUT2D eigenvalue weighted by Crippen LogP contribution is -2.50. The Labute approximate surface area is 198 Å². The van der Waals surface area contributed by atoms with Crippen molar-refractivity contribution < 1.29 is 18.3 Å². The van der Waals surface area contributed by atoms with Crippen molar-refractivity contribution in [3.63, 3.8) is 0 Å². The zero-order valence-corrected chi connectivity index (χ0v) is 19.0. The van der Waals surface area contributed by atoms with Gasteiger partial charge in [0.05, 0.1) is 30.3 Å². The summed E-state index contributed by atoms with van der Waals surface area (Å²) in [5.41, 5.74) is 0.867. The lowest BCUT2D eigenvalue weighted by molar-refractivity contribution is -0.122. The molecule has 1 amide bonds. The molecule has 0 bridgehead atoms. The normalized spacial score (nSPS) is 18.7. The van der Waals surface area contributed by atoms with Gasteiger partial charge in [-0.1, -0.05) is 0 Å².